The minimum atomic E-state index is -1.07. The van der Waals surface area contributed by atoms with Gasteiger partial charge in [0.2, 0.25) is 5.91 Å². The van der Waals surface area contributed by atoms with Crippen molar-refractivity contribution in [2.45, 2.75) is 40.3 Å². The molecule has 2 rings (SSSR count). The molecule has 2 aromatic rings. The number of nitrogens with zero attached hydrogens (tertiary/aromatic N) is 2. The third-order valence-corrected chi connectivity index (χ3v) is 4.02. The molecule has 6 nitrogen and oxygen atoms in total. The maximum absolute atomic E-state index is 11.8. The van der Waals surface area contributed by atoms with Gasteiger partial charge in [-0.15, -0.1) is 0 Å². The predicted molar refractivity (Wildman–Crippen MR) is 96.3 cm³/mol. The van der Waals surface area contributed by atoms with E-state index in [-0.39, 0.29) is 0 Å². The minimum Gasteiger partial charge on any atom is -0.480 e. The number of aliphatic carboxylic acids is 1. The highest BCUT2D eigenvalue weighted by atomic mass is 16.4. The summed E-state index contributed by atoms with van der Waals surface area (Å²) in [5, 5.41) is 15.7. The quantitative estimate of drug-likeness (QED) is 0.791. The summed E-state index contributed by atoms with van der Waals surface area (Å²) >= 11 is 0. The predicted octanol–water partition coefficient (Wildman–Crippen LogP) is 2.46. The summed E-state index contributed by atoms with van der Waals surface area (Å²) in [5.41, 5.74) is 5.00. The molecule has 1 atom stereocenters. The molecule has 0 aliphatic carbocycles. The summed E-state index contributed by atoms with van der Waals surface area (Å²) in [6.45, 7) is 7.96. The van der Waals surface area contributed by atoms with Crippen molar-refractivity contribution in [3.63, 3.8) is 0 Å². The van der Waals surface area contributed by atoms with Gasteiger partial charge in [0.05, 0.1) is 12.2 Å². The Morgan fingerprint density at radius 1 is 1.24 bits per heavy atom. The third kappa shape index (κ3) is 4.79. The first-order valence-corrected chi connectivity index (χ1v) is 8.09. The fourth-order valence-corrected chi connectivity index (χ4v) is 2.45. The Bertz CT molecular complexity index is 804. The lowest BCUT2D eigenvalue weighted by Crippen LogP contribution is -2.37. The van der Waals surface area contributed by atoms with E-state index in [2.05, 4.69) is 34.7 Å². The zero-order chi connectivity index (χ0) is 18.6. The molecule has 1 aromatic carbocycles. The molecule has 25 heavy (non-hydrogen) atoms. The SMILES string of the molecule is Cc1ccc(Cn2nc(C)c(C=CC(=O)NC(C)C(=O)O)c2C)cc1. The summed E-state index contributed by atoms with van der Waals surface area (Å²) in [5.74, 6) is -1.51. The van der Waals surface area contributed by atoms with Crippen LogP contribution < -0.4 is 5.32 Å². The molecule has 1 amide bonds. The summed E-state index contributed by atoms with van der Waals surface area (Å²) in [4.78, 5) is 22.6. The van der Waals surface area contributed by atoms with Gasteiger partial charge in [-0.3, -0.25) is 14.3 Å². The molecule has 1 unspecified atom stereocenters. The zero-order valence-corrected chi connectivity index (χ0v) is 14.9. The molecule has 0 bridgehead atoms. The van der Waals surface area contributed by atoms with E-state index in [0.717, 1.165) is 22.5 Å². The van der Waals surface area contributed by atoms with Crippen molar-refractivity contribution in [2.24, 2.45) is 0 Å². The van der Waals surface area contributed by atoms with Gasteiger partial charge >= 0.3 is 5.97 Å². The molecule has 0 saturated heterocycles. The molecule has 6 heteroatoms. The zero-order valence-electron chi connectivity index (χ0n) is 14.9. The van der Waals surface area contributed by atoms with Gasteiger partial charge in [0, 0.05) is 17.3 Å². The number of carbonyl (C=O) groups excluding carboxylic acids is 1. The van der Waals surface area contributed by atoms with Crippen molar-refractivity contribution in [1.82, 2.24) is 15.1 Å². The van der Waals surface area contributed by atoms with Crippen LogP contribution in [-0.2, 0) is 16.1 Å². The second-order valence-electron chi connectivity index (χ2n) is 6.13. The average molecular weight is 341 g/mol. The Balaban J connectivity index is 2.13. The summed E-state index contributed by atoms with van der Waals surface area (Å²) in [6.07, 6.45) is 3.01. The number of carboxylic acid groups (broad SMARTS) is 1. The average Bonchev–Trinajstić information content (AvgIpc) is 2.81. The topological polar surface area (TPSA) is 84.2 Å². The summed E-state index contributed by atoms with van der Waals surface area (Å²) in [6, 6.07) is 7.35. The Morgan fingerprint density at radius 3 is 2.48 bits per heavy atom. The number of amides is 1. The molecule has 0 spiro atoms. The van der Waals surface area contributed by atoms with Crippen molar-refractivity contribution in [3.05, 3.63) is 58.4 Å². The van der Waals surface area contributed by atoms with Crippen LogP contribution >= 0.6 is 0 Å². The fraction of sp³-hybridized carbons (Fsp3) is 0.316. The third-order valence-electron chi connectivity index (χ3n) is 4.02. The minimum absolute atomic E-state index is 0.444. The van der Waals surface area contributed by atoms with E-state index in [1.165, 1.54) is 18.6 Å². The summed E-state index contributed by atoms with van der Waals surface area (Å²) < 4.78 is 1.90. The smallest absolute Gasteiger partial charge is 0.325 e. The highest BCUT2D eigenvalue weighted by Crippen LogP contribution is 2.16. The molecule has 0 aliphatic heterocycles. The molecule has 0 aliphatic rings. The second kappa shape index (κ2) is 7.79. The first kappa shape index (κ1) is 18.4. The van der Waals surface area contributed by atoms with Gasteiger partial charge in [-0.05, 0) is 39.3 Å². The van der Waals surface area contributed by atoms with Crippen LogP contribution in [-0.4, -0.2) is 32.8 Å². The number of benzene rings is 1. The number of aromatic nitrogens is 2. The van der Waals surface area contributed by atoms with Gasteiger partial charge in [0.25, 0.3) is 0 Å². The van der Waals surface area contributed by atoms with Gasteiger partial charge < -0.3 is 10.4 Å². The van der Waals surface area contributed by atoms with Crippen molar-refractivity contribution in [3.8, 4) is 0 Å². The van der Waals surface area contributed by atoms with E-state index in [4.69, 9.17) is 5.11 Å². The van der Waals surface area contributed by atoms with E-state index in [1.807, 2.05) is 25.5 Å². The largest absolute Gasteiger partial charge is 0.480 e. The number of nitrogens with one attached hydrogen (secondary N) is 1. The lowest BCUT2D eigenvalue weighted by molar-refractivity contribution is -0.140. The van der Waals surface area contributed by atoms with Gasteiger partial charge in [-0.25, -0.2) is 0 Å². The van der Waals surface area contributed by atoms with E-state index in [1.54, 1.807) is 6.08 Å². The lowest BCUT2D eigenvalue weighted by atomic mass is 10.1. The maximum Gasteiger partial charge on any atom is 0.325 e. The number of rotatable bonds is 6. The standard InChI is InChI=1S/C19H23N3O3/c1-12-5-7-16(8-6-12)11-22-15(4)17(13(2)21-22)9-10-18(23)20-14(3)19(24)25/h5-10,14H,11H2,1-4H3,(H,20,23)(H,24,25). The van der Waals surface area contributed by atoms with Crippen LogP contribution in [0.5, 0.6) is 0 Å². The van der Waals surface area contributed by atoms with Crippen molar-refractivity contribution >= 4 is 18.0 Å². The van der Waals surface area contributed by atoms with Gasteiger partial charge in [0.1, 0.15) is 6.04 Å². The second-order valence-corrected chi connectivity index (χ2v) is 6.13. The van der Waals surface area contributed by atoms with Gasteiger partial charge in [0.15, 0.2) is 0 Å². The Morgan fingerprint density at radius 2 is 1.88 bits per heavy atom. The number of aryl methyl sites for hydroxylation is 2. The van der Waals surface area contributed by atoms with Crippen LogP contribution in [0.2, 0.25) is 0 Å². The van der Waals surface area contributed by atoms with E-state index >= 15 is 0 Å². The van der Waals surface area contributed by atoms with Crippen LogP contribution in [0.25, 0.3) is 6.08 Å². The normalized spacial score (nSPS) is 12.3. The first-order valence-electron chi connectivity index (χ1n) is 8.09. The van der Waals surface area contributed by atoms with Crippen LogP contribution in [0.4, 0.5) is 0 Å². The molecule has 132 valence electrons. The highest BCUT2D eigenvalue weighted by molar-refractivity contribution is 5.94. The first-order chi connectivity index (χ1) is 11.8. The maximum atomic E-state index is 11.8. The van der Waals surface area contributed by atoms with Crippen LogP contribution in [0, 0.1) is 20.8 Å². The molecule has 0 radical (unpaired) electrons. The molecular weight excluding hydrogens is 318 g/mol. The fourth-order valence-electron chi connectivity index (χ4n) is 2.45. The number of hydrogen-bond donors (Lipinski definition) is 2. The van der Waals surface area contributed by atoms with Crippen molar-refractivity contribution in [1.29, 1.82) is 0 Å². The lowest BCUT2D eigenvalue weighted by Gasteiger charge is -2.06. The van der Waals surface area contributed by atoms with Crippen LogP contribution in [0.3, 0.4) is 0 Å². The number of carboxylic acids is 1. The Kier molecular flexibility index (Phi) is 5.75. The molecule has 0 fully saturated rings. The Labute approximate surface area is 147 Å². The van der Waals surface area contributed by atoms with E-state index in [0.29, 0.717) is 6.54 Å². The molecule has 1 heterocycles. The monoisotopic (exact) mass is 341 g/mol. The van der Waals surface area contributed by atoms with Crippen molar-refractivity contribution in [2.75, 3.05) is 0 Å². The molecule has 0 saturated carbocycles. The van der Waals surface area contributed by atoms with E-state index in [9.17, 15) is 9.59 Å². The van der Waals surface area contributed by atoms with Crippen LogP contribution in [0.1, 0.15) is 35.0 Å². The van der Waals surface area contributed by atoms with Crippen molar-refractivity contribution < 1.29 is 14.7 Å². The van der Waals surface area contributed by atoms with E-state index < -0.39 is 17.9 Å². The van der Waals surface area contributed by atoms with Crippen LogP contribution in [0.15, 0.2) is 30.3 Å². The number of hydrogen-bond acceptors (Lipinski definition) is 3. The van der Waals surface area contributed by atoms with Gasteiger partial charge in [-0.1, -0.05) is 29.8 Å². The Hall–Kier alpha value is -2.89. The molecule has 1 aromatic heterocycles. The number of carbonyl (C=O) groups is 2. The highest BCUT2D eigenvalue weighted by Gasteiger charge is 2.13. The molecular formula is C19H23N3O3. The van der Waals surface area contributed by atoms with Gasteiger partial charge in [-0.2, -0.15) is 5.10 Å². The summed E-state index contributed by atoms with van der Waals surface area (Å²) in [7, 11) is 0. The molecule has 2 N–H and O–H groups in total.